The van der Waals surface area contributed by atoms with Crippen LogP contribution in [0.25, 0.3) is 0 Å². The van der Waals surface area contributed by atoms with Crippen molar-refractivity contribution in [3.05, 3.63) is 65.5 Å². The third-order valence-electron chi connectivity index (χ3n) is 5.59. The zero-order valence-corrected chi connectivity index (χ0v) is 22.4. The Morgan fingerprint density at radius 2 is 1.77 bits per heavy atom. The molecule has 2 heterocycles. The molecule has 15 heteroatoms. The van der Waals surface area contributed by atoms with Crippen molar-refractivity contribution in [3.8, 4) is 0 Å². The number of nitrogens with zero attached hydrogens (tertiary/aromatic N) is 3. The maximum Gasteiger partial charge on any atom is 0.421 e. The van der Waals surface area contributed by atoms with E-state index in [1.54, 1.807) is 24.3 Å². The Labute approximate surface area is 229 Å². The van der Waals surface area contributed by atoms with Crippen molar-refractivity contribution >= 4 is 39.2 Å². The normalized spacial score (nSPS) is 11.6. The van der Waals surface area contributed by atoms with Crippen molar-refractivity contribution in [2.24, 2.45) is 0 Å². The number of aromatic nitrogens is 3. The lowest BCUT2D eigenvalue weighted by Gasteiger charge is -2.16. The van der Waals surface area contributed by atoms with Gasteiger partial charge in [-0.1, -0.05) is 6.07 Å². The number of rotatable bonds is 14. The van der Waals surface area contributed by atoms with Gasteiger partial charge in [0.15, 0.2) is 0 Å². The second kappa shape index (κ2) is 13.9. The van der Waals surface area contributed by atoms with E-state index in [1.807, 2.05) is 0 Å². The summed E-state index contributed by atoms with van der Waals surface area (Å²) < 4.78 is 67.2. The average molecular weight is 582 g/mol. The van der Waals surface area contributed by atoms with Gasteiger partial charge in [0.1, 0.15) is 17.2 Å². The Morgan fingerprint density at radius 3 is 2.45 bits per heavy atom. The smallest absolute Gasteiger partial charge is 0.396 e. The molecule has 0 spiro atoms. The quantitative estimate of drug-likeness (QED) is 0.178. The van der Waals surface area contributed by atoms with Crippen LogP contribution in [0.15, 0.2) is 48.8 Å². The van der Waals surface area contributed by atoms with Crippen LogP contribution < -0.4 is 20.7 Å². The maximum atomic E-state index is 13.7. The van der Waals surface area contributed by atoms with Crippen molar-refractivity contribution in [1.29, 1.82) is 0 Å². The van der Waals surface area contributed by atoms with Crippen LogP contribution in [-0.4, -0.2) is 53.3 Å². The fraction of sp³-hybridized carbons (Fsp3) is 0.360. The highest BCUT2D eigenvalue weighted by atomic mass is 32.2. The fourth-order valence-corrected chi connectivity index (χ4v) is 4.03. The first kappa shape index (κ1) is 30.6. The molecule has 0 unspecified atom stereocenters. The van der Waals surface area contributed by atoms with E-state index in [4.69, 9.17) is 5.11 Å². The Bertz CT molecular complexity index is 1390. The molecule has 1 amide bonds. The van der Waals surface area contributed by atoms with Crippen LogP contribution in [0, 0.1) is 0 Å². The standard InChI is InChI=1S/C25H30F3N7O4S/c1-2-40(38,39)35-21-18(7-6-13-29-21)15-31-22-20(25(26,27)28)16-32-24(34-22)33-19-10-8-17(9-11-19)23(37)30-12-4-3-5-14-36/h6-11,13,16,36H,2-5,12,14-15H2,1H3,(H,29,35)(H,30,37)(H2,31,32,33,34). The summed E-state index contributed by atoms with van der Waals surface area (Å²) in [4.78, 5) is 24.0. The van der Waals surface area contributed by atoms with Gasteiger partial charge in [0.25, 0.3) is 5.91 Å². The van der Waals surface area contributed by atoms with E-state index in [2.05, 4.69) is 35.6 Å². The minimum Gasteiger partial charge on any atom is -0.396 e. The topological polar surface area (TPSA) is 158 Å². The van der Waals surface area contributed by atoms with Crippen LogP contribution in [0.4, 0.5) is 36.4 Å². The summed E-state index contributed by atoms with van der Waals surface area (Å²) in [5.41, 5.74) is 0.0368. The first-order chi connectivity index (χ1) is 19.0. The zero-order valence-electron chi connectivity index (χ0n) is 21.6. The number of amides is 1. The number of alkyl halides is 3. The SMILES string of the molecule is CCS(=O)(=O)Nc1ncccc1CNc1nc(Nc2ccc(C(=O)NCCCCCO)cc2)ncc1C(F)(F)F. The van der Waals surface area contributed by atoms with Crippen molar-refractivity contribution in [3.63, 3.8) is 0 Å². The van der Waals surface area contributed by atoms with Crippen molar-refractivity contribution in [2.45, 2.75) is 38.9 Å². The number of carbonyl (C=O) groups is 1. The van der Waals surface area contributed by atoms with Gasteiger partial charge in [-0.25, -0.2) is 18.4 Å². The molecule has 3 aromatic rings. The Morgan fingerprint density at radius 1 is 1.02 bits per heavy atom. The van der Waals surface area contributed by atoms with E-state index in [0.717, 1.165) is 12.8 Å². The molecule has 1 aromatic carbocycles. The zero-order chi connectivity index (χ0) is 29.2. The molecule has 0 saturated heterocycles. The largest absolute Gasteiger partial charge is 0.421 e. The number of halogens is 3. The lowest BCUT2D eigenvalue weighted by Crippen LogP contribution is -2.24. The summed E-state index contributed by atoms with van der Waals surface area (Å²) in [7, 11) is -3.66. The van der Waals surface area contributed by atoms with Gasteiger partial charge in [-0.3, -0.25) is 9.52 Å². The van der Waals surface area contributed by atoms with Gasteiger partial charge in [0.2, 0.25) is 16.0 Å². The Hall–Kier alpha value is -3.98. The number of aliphatic hydroxyl groups is 1. The number of nitrogens with one attached hydrogen (secondary N) is 4. The van der Waals surface area contributed by atoms with E-state index in [0.29, 0.717) is 36.0 Å². The number of hydrogen-bond donors (Lipinski definition) is 5. The molecule has 11 nitrogen and oxygen atoms in total. The lowest BCUT2D eigenvalue weighted by molar-refractivity contribution is -0.137. The van der Waals surface area contributed by atoms with Crippen LogP contribution in [0.1, 0.15) is 47.7 Å². The van der Waals surface area contributed by atoms with Crippen molar-refractivity contribution in [1.82, 2.24) is 20.3 Å². The van der Waals surface area contributed by atoms with Crippen LogP contribution in [0.3, 0.4) is 0 Å². The number of unbranched alkanes of at least 4 members (excludes halogenated alkanes) is 2. The molecule has 5 N–H and O–H groups in total. The van der Waals surface area contributed by atoms with Crippen LogP contribution in [0.2, 0.25) is 0 Å². The number of sulfonamides is 1. The molecule has 2 aromatic heterocycles. The monoisotopic (exact) mass is 581 g/mol. The van der Waals surface area contributed by atoms with Gasteiger partial charge in [0.05, 0.1) is 5.75 Å². The highest BCUT2D eigenvalue weighted by Crippen LogP contribution is 2.34. The second-order valence-corrected chi connectivity index (χ2v) is 10.6. The Balaban J connectivity index is 1.73. The highest BCUT2D eigenvalue weighted by molar-refractivity contribution is 7.92. The first-order valence-electron chi connectivity index (χ1n) is 12.4. The highest BCUT2D eigenvalue weighted by Gasteiger charge is 2.35. The molecule has 0 aliphatic heterocycles. The van der Waals surface area contributed by atoms with E-state index >= 15 is 0 Å². The van der Waals surface area contributed by atoms with Gasteiger partial charge < -0.3 is 21.1 Å². The molecule has 216 valence electrons. The molecular formula is C25H30F3N7O4S. The molecule has 0 atom stereocenters. The summed E-state index contributed by atoms with van der Waals surface area (Å²) in [6.45, 7) is 1.81. The van der Waals surface area contributed by atoms with Crippen LogP contribution in [0.5, 0.6) is 0 Å². The molecule has 0 radical (unpaired) electrons. The molecule has 40 heavy (non-hydrogen) atoms. The minimum atomic E-state index is -4.75. The number of aliphatic hydroxyl groups excluding tert-OH is 1. The maximum absolute atomic E-state index is 13.7. The summed E-state index contributed by atoms with van der Waals surface area (Å²) in [6, 6.07) is 9.28. The van der Waals surface area contributed by atoms with E-state index in [-0.39, 0.29) is 36.6 Å². The van der Waals surface area contributed by atoms with Gasteiger partial charge >= 0.3 is 6.18 Å². The van der Waals surface area contributed by atoms with Crippen LogP contribution >= 0.6 is 0 Å². The van der Waals surface area contributed by atoms with Gasteiger partial charge in [0, 0.05) is 48.9 Å². The molecule has 0 saturated carbocycles. The summed E-state index contributed by atoms with van der Waals surface area (Å²) in [5, 5.41) is 17.0. The minimum absolute atomic E-state index is 0.00732. The van der Waals surface area contributed by atoms with Crippen LogP contribution in [-0.2, 0) is 22.7 Å². The van der Waals surface area contributed by atoms with Gasteiger partial charge in [-0.2, -0.15) is 18.2 Å². The molecule has 0 fully saturated rings. The third kappa shape index (κ3) is 9.05. The molecule has 3 rings (SSSR count). The lowest BCUT2D eigenvalue weighted by atomic mass is 10.2. The van der Waals surface area contributed by atoms with Crippen molar-refractivity contribution < 1.29 is 31.5 Å². The average Bonchev–Trinajstić information content (AvgIpc) is 2.92. The van der Waals surface area contributed by atoms with E-state index < -0.39 is 27.6 Å². The van der Waals surface area contributed by atoms with Gasteiger partial charge in [-0.05, 0) is 56.5 Å². The summed E-state index contributed by atoms with van der Waals surface area (Å²) in [5.74, 6) is -1.13. The first-order valence-corrected chi connectivity index (χ1v) is 14.1. The van der Waals surface area contributed by atoms with Crippen molar-refractivity contribution in [2.75, 3.05) is 34.3 Å². The molecular weight excluding hydrogens is 551 g/mol. The van der Waals surface area contributed by atoms with E-state index in [9.17, 15) is 26.4 Å². The fourth-order valence-electron chi connectivity index (χ4n) is 3.41. The molecule has 0 aliphatic rings. The third-order valence-corrected chi connectivity index (χ3v) is 6.85. The summed E-state index contributed by atoms with van der Waals surface area (Å²) in [6.07, 6.45) is -0.548. The predicted octanol–water partition coefficient (Wildman–Crippen LogP) is 3.90. The summed E-state index contributed by atoms with van der Waals surface area (Å²) >= 11 is 0. The van der Waals surface area contributed by atoms with Gasteiger partial charge in [-0.15, -0.1) is 0 Å². The number of pyridine rings is 1. The number of anilines is 4. The Kier molecular flexibility index (Phi) is 10.6. The second-order valence-electron chi connectivity index (χ2n) is 8.57. The predicted molar refractivity (Wildman–Crippen MR) is 145 cm³/mol. The molecule has 0 bridgehead atoms. The number of hydrogen-bond acceptors (Lipinski definition) is 9. The number of carbonyl (C=O) groups excluding carboxylic acids is 1. The number of benzene rings is 1. The molecule has 0 aliphatic carbocycles. The van der Waals surface area contributed by atoms with E-state index in [1.165, 1.54) is 25.3 Å².